The molecule has 5 heterocycles. The van der Waals surface area contributed by atoms with E-state index in [-0.39, 0.29) is 11.9 Å². The maximum atomic E-state index is 12.3. The third-order valence-electron chi connectivity index (χ3n) is 5.03. The van der Waals surface area contributed by atoms with Gasteiger partial charge >= 0.3 is 0 Å². The predicted octanol–water partition coefficient (Wildman–Crippen LogP) is 1.05. The number of likely N-dealkylation sites (N-methyl/N-ethyl adjacent to an activating group) is 1. The van der Waals surface area contributed by atoms with Crippen molar-refractivity contribution in [2.75, 3.05) is 24.6 Å². The molecule has 0 aromatic carbocycles. The number of hydrogen-bond acceptors (Lipinski definition) is 7. The van der Waals surface area contributed by atoms with Crippen LogP contribution in [0.25, 0.3) is 22.4 Å². The molecule has 28 heavy (non-hydrogen) atoms. The van der Waals surface area contributed by atoms with Gasteiger partial charge < -0.3 is 16.0 Å². The van der Waals surface area contributed by atoms with Crippen LogP contribution in [0, 0.1) is 0 Å². The van der Waals surface area contributed by atoms with Crippen molar-refractivity contribution in [3.8, 4) is 11.3 Å². The monoisotopic (exact) mass is 377 g/mol. The van der Waals surface area contributed by atoms with Gasteiger partial charge in [0.05, 0.1) is 5.69 Å². The minimum Gasteiger partial charge on any atom is -0.382 e. The fourth-order valence-corrected chi connectivity index (χ4v) is 3.60. The van der Waals surface area contributed by atoms with E-state index in [9.17, 15) is 4.79 Å². The molecular formula is C18H19N9O. The lowest BCUT2D eigenvalue weighted by molar-refractivity contribution is -0.132. The Bertz CT molecular complexity index is 1190. The van der Waals surface area contributed by atoms with Gasteiger partial charge in [-0.15, -0.1) is 5.10 Å². The van der Waals surface area contributed by atoms with Crippen LogP contribution in [0.15, 0.2) is 36.8 Å². The van der Waals surface area contributed by atoms with Gasteiger partial charge in [-0.3, -0.25) is 4.79 Å². The van der Waals surface area contributed by atoms with E-state index in [0.29, 0.717) is 17.3 Å². The van der Waals surface area contributed by atoms with Gasteiger partial charge in [-0.1, -0.05) is 0 Å². The number of amides is 1. The van der Waals surface area contributed by atoms with E-state index in [1.54, 1.807) is 33.4 Å². The fourth-order valence-electron chi connectivity index (χ4n) is 3.60. The van der Waals surface area contributed by atoms with Gasteiger partial charge in [-0.05, 0) is 31.0 Å². The minimum absolute atomic E-state index is 0.0412. The number of anilines is 2. The normalized spacial score (nSPS) is 17.5. The number of carbonyl (C=O) groups is 1. The van der Waals surface area contributed by atoms with Gasteiger partial charge in [0.2, 0.25) is 11.9 Å². The van der Waals surface area contributed by atoms with Crippen LogP contribution in [-0.4, -0.2) is 59.6 Å². The number of aromatic nitrogens is 6. The first-order valence-electron chi connectivity index (χ1n) is 9.07. The molecule has 0 saturated carbocycles. The minimum atomic E-state index is -0.337. The first-order chi connectivity index (χ1) is 13.6. The third kappa shape index (κ3) is 2.61. The molecule has 0 spiro atoms. The number of nitrogens with two attached hydrogens (primary N) is 1. The first-order valence-corrected chi connectivity index (χ1v) is 9.07. The SMILES string of the molecule is CN1CCC[C@@H](Nc2nc(N)c3c(-c4ccc5nccn5n4)ccn3n2)C1=O. The van der Waals surface area contributed by atoms with Crippen LogP contribution < -0.4 is 11.1 Å². The van der Waals surface area contributed by atoms with Gasteiger partial charge in [0.1, 0.15) is 11.6 Å². The first kappa shape index (κ1) is 16.5. The van der Waals surface area contributed by atoms with Gasteiger partial charge in [-0.25, -0.2) is 14.0 Å². The molecule has 1 fully saturated rings. The zero-order chi connectivity index (χ0) is 19.3. The summed E-state index contributed by atoms with van der Waals surface area (Å²) in [5.74, 6) is 0.694. The topological polar surface area (TPSA) is 119 Å². The molecule has 10 nitrogen and oxygen atoms in total. The Morgan fingerprint density at radius 3 is 2.96 bits per heavy atom. The lowest BCUT2D eigenvalue weighted by atomic mass is 10.1. The van der Waals surface area contributed by atoms with E-state index in [0.717, 1.165) is 36.3 Å². The summed E-state index contributed by atoms with van der Waals surface area (Å²) in [6.07, 6.45) is 6.98. The highest BCUT2D eigenvalue weighted by Gasteiger charge is 2.27. The smallest absolute Gasteiger partial charge is 0.244 e. The van der Waals surface area contributed by atoms with E-state index in [1.165, 1.54) is 0 Å². The second-order valence-corrected chi connectivity index (χ2v) is 6.89. The Morgan fingerprint density at radius 2 is 2.07 bits per heavy atom. The van der Waals surface area contributed by atoms with Crippen LogP contribution in [0.5, 0.6) is 0 Å². The molecule has 0 aliphatic carbocycles. The van der Waals surface area contributed by atoms with Crippen molar-refractivity contribution in [3.05, 3.63) is 36.8 Å². The number of piperidine rings is 1. The van der Waals surface area contributed by atoms with Gasteiger partial charge in [0.15, 0.2) is 11.5 Å². The molecule has 5 rings (SSSR count). The molecule has 0 radical (unpaired) electrons. The Morgan fingerprint density at radius 1 is 1.18 bits per heavy atom. The molecule has 1 aliphatic heterocycles. The standard InChI is InChI=1S/C18H19N9O/c1-25-8-2-3-13(17(25)28)21-18-22-16(19)15-11(6-9-27(15)24-18)12-4-5-14-20-7-10-26(14)23-12/h4-7,9-10,13H,2-3,8H2,1H3,(H3,19,21,22,24)/t13-/m1/s1. The summed E-state index contributed by atoms with van der Waals surface area (Å²) in [4.78, 5) is 22.6. The number of nitrogen functional groups attached to an aromatic ring is 1. The van der Waals surface area contributed by atoms with Crippen LogP contribution >= 0.6 is 0 Å². The fraction of sp³-hybridized carbons (Fsp3) is 0.278. The van der Waals surface area contributed by atoms with E-state index in [1.807, 2.05) is 24.4 Å². The summed E-state index contributed by atoms with van der Waals surface area (Å²) in [6.45, 7) is 0.772. The Balaban J connectivity index is 1.51. The van der Waals surface area contributed by atoms with Crippen molar-refractivity contribution in [2.24, 2.45) is 0 Å². The highest BCUT2D eigenvalue weighted by atomic mass is 16.2. The van der Waals surface area contributed by atoms with Crippen LogP contribution in [0.3, 0.4) is 0 Å². The summed E-state index contributed by atoms with van der Waals surface area (Å²) in [6, 6.07) is 5.34. The van der Waals surface area contributed by atoms with Gasteiger partial charge in [0, 0.05) is 37.7 Å². The second kappa shape index (κ2) is 6.19. The number of rotatable bonds is 3. The summed E-state index contributed by atoms with van der Waals surface area (Å²) in [5, 5.41) is 12.2. The molecule has 1 saturated heterocycles. The molecule has 1 amide bonds. The Hall–Kier alpha value is -3.69. The van der Waals surface area contributed by atoms with Crippen LogP contribution in [0.1, 0.15) is 12.8 Å². The average molecular weight is 377 g/mol. The number of likely N-dealkylation sites (tertiary alicyclic amines) is 1. The lowest BCUT2D eigenvalue weighted by Crippen LogP contribution is -2.45. The van der Waals surface area contributed by atoms with Crippen molar-refractivity contribution in [3.63, 3.8) is 0 Å². The summed E-state index contributed by atoms with van der Waals surface area (Å²) in [7, 11) is 1.80. The van der Waals surface area contributed by atoms with Crippen molar-refractivity contribution in [2.45, 2.75) is 18.9 Å². The summed E-state index contributed by atoms with van der Waals surface area (Å²) < 4.78 is 3.37. The van der Waals surface area contributed by atoms with E-state index < -0.39 is 0 Å². The zero-order valence-corrected chi connectivity index (χ0v) is 15.3. The molecule has 142 valence electrons. The van der Waals surface area contributed by atoms with E-state index >= 15 is 0 Å². The van der Waals surface area contributed by atoms with Crippen LogP contribution in [0.4, 0.5) is 11.8 Å². The predicted molar refractivity (Wildman–Crippen MR) is 104 cm³/mol. The van der Waals surface area contributed by atoms with Crippen LogP contribution in [0.2, 0.25) is 0 Å². The van der Waals surface area contributed by atoms with Crippen molar-refractivity contribution in [1.82, 2.24) is 34.1 Å². The molecule has 4 aromatic rings. The number of fused-ring (bicyclic) bond motifs is 2. The average Bonchev–Trinajstić information content (AvgIpc) is 3.31. The molecule has 0 bridgehead atoms. The van der Waals surface area contributed by atoms with Crippen LogP contribution in [-0.2, 0) is 4.79 Å². The summed E-state index contributed by atoms with van der Waals surface area (Å²) >= 11 is 0. The number of nitrogens with one attached hydrogen (secondary N) is 1. The van der Waals surface area contributed by atoms with Gasteiger partial charge in [-0.2, -0.15) is 10.1 Å². The van der Waals surface area contributed by atoms with E-state index in [2.05, 4.69) is 25.5 Å². The number of carbonyl (C=O) groups excluding carboxylic acids is 1. The molecule has 10 heteroatoms. The van der Waals surface area contributed by atoms with Gasteiger partial charge in [0.25, 0.3) is 0 Å². The largest absolute Gasteiger partial charge is 0.382 e. The van der Waals surface area contributed by atoms with E-state index in [4.69, 9.17) is 5.73 Å². The molecular weight excluding hydrogens is 358 g/mol. The molecule has 1 aliphatic rings. The third-order valence-corrected chi connectivity index (χ3v) is 5.03. The molecule has 0 unspecified atom stereocenters. The Kier molecular flexibility index (Phi) is 3.64. The zero-order valence-electron chi connectivity index (χ0n) is 15.3. The highest BCUT2D eigenvalue weighted by molar-refractivity contribution is 5.87. The summed E-state index contributed by atoms with van der Waals surface area (Å²) in [5.41, 5.74) is 9.26. The molecule has 1 atom stereocenters. The van der Waals surface area contributed by atoms with Crippen molar-refractivity contribution in [1.29, 1.82) is 0 Å². The molecule has 4 aromatic heterocycles. The second-order valence-electron chi connectivity index (χ2n) is 6.89. The number of imidazole rings is 1. The maximum absolute atomic E-state index is 12.3. The number of nitrogens with zero attached hydrogens (tertiary/aromatic N) is 7. The quantitative estimate of drug-likeness (QED) is 0.548. The molecule has 3 N–H and O–H groups in total. The van der Waals surface area contributed by atoms with Crippen molar-refractivity contribution < 1.29 is 4.79 Å². The highest BCUT2D eigenvalue weighted by Crippen LogP contribution is 2.28. The Labute approximate surface area is 160 Å². The number of hydrogen-bond donors (Lipinski definition) is 2. The van der Waals surface area contributed by atoms with Crippen molar-refractivity contribution >= 4 is 28.8 Å². The maximum Gasteiger partial charge on any atom is 0.244 e. The lowest BCUT2D eigenvalue weighted by Gasteiger charge is -2.29.